The predicted octanol–water partition coefficient (Wildman–Crippen LogP) is 5.21. The van der Waals surface area contributed by atoms with E-state index in [1.807, 2.05) is 24.4 Å². The summed E-state index contributed by atoms with van der Waals surface area (Å²) >= 11 is 12.6. The molecule has 2 heterocycles. The average molecular weight is 317 g/mol. The zero-order chi connectivity index (χ0) is 14.4. The standard InChI is InChI=1S/C17H14Cl2N2/c18-13-8-7-12-10-4-3-5-11(10)16(21-17(12)15(13)19)14-6-1-2-9-20-14/h1-4,6-11,16,21H,5H2. The van der Waals surface area contributed by atoms with E-state index in [-0.39, 0.29) is 6.04 Å². The van der Waals surface area contributed by atoms with Crippen LogP contribution < -0.4 is 5.32 Å². The molecule has 0 saturated carbocycles. The Kier molecular flexibility index (Phi) is 3.16. The summed E-state index contributed by atoms with van der Waals surface area (Å²) in [5, 5.41) is 4.77. The van der Waals surface area contributed by atoms with Crippen LogP contribution in [0.1, 0.15) is 29.6 Å². The van der Waals surface area contributed by atoms with Crippen molar-refractivity contribution in [1.29, 1.82) is 0 Å². The van der Waals surface area contributed by atoms with Crippen LogP contribution in [0.5, 0.6) is 0 Å². The minimum absolute atomic E-state index is 0.162. The second-order valence-electron chi connectivity index (χ2n) is 5.56. The lowest BCUT2D eigenvalue weighted by Crippen LogP contribution is -2.29. The molecule has 21 heavy (non-hydrogen) atoms. The number of hydrogen-bond acceptors (Lipinski definition) is 2. The summed E-state index contributed by atoms with van der Waals surface area (Å²) in [6.07, 6.45) is 7.43. The van der Waals surface area contributed by atoms with Gasteiger partial charge in [-0.15, -0.1) is 0 Å². The van der Waals surface area contributed by atoms with E-state index < -0.39 is 0 Å². The van der Waals surface area contributed by atoms with E-state index in [0.717, 1.165) is 17.8 Å². The molecule has 1 aromatic heterocycles. The number of benzene rings is 1. The Morgan fingerprint density at radius 2 is 2.05 bits per heavy atom. The van der Waals surface area contributed by atoms with Crippen LogP contribution in [0.2, 0.25) is 10.0 Å². The van der Waals surface area contributed by atoms with Crippen molar-refractivity contribution in [2.24, 2.45) is 5.92 Å². The Hall–Kier alpha value is -1.51. The molecule has 3 unspecified atom stereocenters. The van der Waals surface area contributed by atoms with Gasteiger partial charge in [0.05, 0.1) is 27.5 Å². The van der Waals surface area contributed by atoms with Crippen LogP contribution in [-0.4, -0.2) is 4.98 Å². The van der Waals surface area contributed by atoms with Crippen LogP contribution in [0.25, 0.3) is 0 Å². The molecule has 1 aliphatic heterocycles. The number of rotatable bonds is 1. The van der Waals surface area contributed by atoms with E-state index in [4.69, 9.17) is 23.2 Å². The molecule has 0 fully saturated rings. The molecule has 1 aliphatic carbocycles. The van der Waals surface area contributed by atoms with Gasteiger partial charge in [0, 0.05) is 12.1 Å². The second kappa shape index (κ2) is 5.04. The van der Waals surface area contributed by atoms with Gasteiger partial charge in [0.2, 0.25) is 0 Å². The maximum absolute atomic E-state index is 6.42. The Labute approximate surface area is 133 Å². The van der Waals surface area contributed by atoms with E-state index in [1.165, 1.54) is 5.56 Å². The topological polar surface area (TPSA) is 24.9 Å². The van der Waals surface area contributed by atoms with Crippen molar-refractivity contribution in [3.63, 3.8) is 0 Å². The molecule has 4 rings (SSSR count). The van der Waals surface area contributed by atoms with Gasteiger partial charge in [0.1, 0.15) is 0 Å². The fourth-order valence-corrected chi connectivity index (χ4v) is 3.84. The number of hydrogen-bond donors (Lipinski definition) is 1. The smallest absolute Gasteiger partial charge is 0.0826 e. The highest BCUT2D eigenvalue weighted by molar-refractivity contribution is 6.43. The highest BCUT2D eigenvalue weighted by Crippen LogP contribution is 2.52. The maximum atomic E-state index is 6.42. The Morgan fingerprint density at radius 3 is 2.86 bits per heavy atom. The van der Waals surface area contributed by atoms with Gasteiger partial charge >= 0.3 is 0 Å². The number of allylic oxidation sites excluding steroid dienone is 2. The van der Waals surface area contributed by atoms with Gasteiger partial charge < -0.3 is 5.32 Å². The first-order valence-electron chi connectivity index (χ1n) is 7.07. The number of aromatic nitrogens is 1. The summed E-state index contributed by atoms with van der Waals surface area (Å²) in [7, 11) is 0. The lowest BCUT2D eigenvalue weighted by atomic mass is 9.78. The van der Waals surface area contributed by atoms with Gasteiger partial charge in [-0.1, -0.05) is 47.5 Å². The third-order valence-electron chi connectivity index (χ3n) is 4.43. The lowest BCUT2D eigenvalue weighted by Gasteiger charge is -2.37. The van der Waals surface area contributed by atoms with Crippen LogP contribution >= 0.6 is 23.2 Å². The van der Waals surface area contributed by atoms with E-state index >= 15 is 0 Å². The van der Waals surface area contributed by atoms with E-state index in [1.54, 1.807) is 0 Å². The minimum atomic E-state index is 0.162. The third kappa shape index (κ3) is 2.05. The van der Waals surface area contributed by atoms with Crippen LogP contribution in [-0.2, 0) is 0 Å². The van der Waals surface area contributed by atoms with Crippen LogP contribution in [0, 0.1) is 5.92 Å². The zero-order valence-corrected chi connectivity index (χ0v) is 12.8. The number of nitrogens with zero attached hydrogens (tertiary/aromatic N) is 1. The second-order valence-corrected chi connectivity index (χ2v) is 6.34. The fraction of sp³-hybridized carbons (Fsp3) is 0.235. The molecule has 3 atom stereocenters. The Morgan fingerprint density at radius 1 is 1.14 bits per heavy atom. The molecule has 0 radical (unpaired) electrons. The van der Waals surface area contributed by atoms with Gasteiger partial charge in [-0.3, -0.25) is 4.98 Å². The quantitative estimate of drug-likeness (QED) is 0.730. The predicted molar refractivity (Wildman–Crippen MR) is 87.1 cm³/mol. The molecule has 2 nitrogen and oxygen atoms in total. The van der Waals surface area contributed by atoms with Crippen molar-refractivity contribution >= 4 is 28.9 Å². The summed E-state index contributed by atoms with van der Waals surface area (Å²) in [4.78, 5) is 4.52. The van der Waals surface area contributed by atoms with Crippen LogP contribution in [0.4, 0.5) is 5.69 Å². The first-order valence-corrected chi connectivity index (χ1v) is 7.83. The first kappa shape index (κ1) is 13.2. The third-order valence-corrected chi connectivity index (χ3v) is 5.24. The normalized spacial score (nSPS) is 26.1. The Balaban J connectivity index is 1.85. The fourth-order valence-electron chi connectivity index (χ4n) is 3.46. The van der Waals surface area contributed by atoms with Crippen LogP contribution in [0.3, 0.4) is 0 Å². The number of pyridine rings is 1. The largest absolute Gasteiger partial charge is 0.375 e. The van der Waals surface area contributed by atoms with Gasteiger partial charge in [-0.05, 0) is 36.1 Å². The highest BCUT2D eigenvalue weighted by atomic mass is 35.5. The van der Waals surface area contributed by atoms with Crippen molar-refractivity contribution in [1.82, 2.24) is 4.98 Å². The molecular weight excluding hydrogens is 303 g/mol. The summed E-state index contributed by atoms with van der Waals surface area (Å²) < 4.78 is 0. The summed E-state index contributed by atoms with van der Waals surface area (Å²) in [6.45, 7) is 0. The van der Waals surface area contributed by atoms with E-state index in [2.05, 4.69) is 34.6 Å². The minimum Gasteiger partial charge on any atom is -0.375 e. The van der Waals surface area contributed by atoms with Crippen molar-refractivity contribution in [3.05, 3.63) is 70.0 Å². The van der Waals surface area contributed by atoms with Gasteiger partial charge in [-0.2, -0.15) is 0 Å². The Bertz CT molecular complexity index is 712. The number of nitrogens with one attached hydrogen (secondary N) is 1. The molecule has 2 aromatic rings. The van der Waals surface area contributed by atoms with E-state index in [9.17, 15) is 0 Å². The summed E-state index contributed by atoms with van der Waals surface area (Å²) in [6, 6.07) is 10.2. The van der Waals surface area contributed by atoms with Crippen molar-refractivity contribution in [3.8, 4) is 0 Å². The number of halogens is 2. The molecule has 1 N–H and O–H groups in total. The molecule has 0 spiro atoms. The number of anilines is 1. The summed E-state index contributed by atoms with van der Waals surface area (Å²) in [5.74, 6) is 0.854. The zero-order valence-electron chi connectivity index (χ0n) is 11.3. The molecule has 1 aromatic carbocycles. The van der Waals surface area contributed by atoms with Gasteiger partial charge in [0.25, 0.3) is 0 Å². The van der Waals surface area contributed by atoms with Crippen molar-refractivity contribution in [2.45, 2.75) is 18.4 Å². The molecule has 0 saturated heterocycles. The SMILES string of the molecule is Clc1ccc2c(c1Cl)NC(c1ccccn1)C1CC=CC21. The molecule has 0 bridgehead atoms. The molecule has 106 valence electrons. The molecular formula is C17H14Cl2N2. The monoisotopic (exact) mass is 316 g/mol. The average Bonchev–Trinajstić information content (AvgIpc) is 3.00. The molecule has 4 heteroatoms. The van der Waals surface area contributed by atoms with Gasteiger partial charge in [-0.25, -0.2) is 0 Å². The van der Waals surface area contributed by atoms with Crippen LogP contribution in [0.15, 0.2) is 48.7 Å². The highest BCUT2D eigenvalue weighted by Gasteiger charge is 2.39. The summed E-state index contributed by atoms with van der Waals surface area (Å²) in [5.41, 5.74) is 3.24. The molecule has 2 aliphatic rings. The molecule has 0 amide bonds. The number of fused-ring (bicyclic) bond motifs is 3. The lowest BCUT2D eigenvalue weighted by molar-refractivity contribution is 0.419. The van der Waals surface area contributed by atoms with Gasteiger partial charge in [0.15, 0.2) is 0 Å². The maximum Gasteiger partial charge on any atom is 0.0826 e. The van der Waals surface area contributed by atoms with Crippen molar-refractivity contribution < 1.29 is 0 Å². The first-order chi connectivity index (χ1) is 10.3. The van der Waals surface area contributed by atoms with Crippen molar-refractivity contribution in [2.75, 3.05) is 5.32 Å². The van der Waals surface area contributed by atoms with E-state index in [0.29, 0.717) is 21.9 Å².